The van der Waals surface area contributed by atoms with Gasteiger partial charge >= 0.3 is 0 Å². The van der Waals surface area contributed by atoms with Crippen molar-refractivity contribution in [3.05, 3.63) is 40.7 Å². The highest BCUT2D eigenvalue weighted by Crippen LogP contribution is 2.29. The number of benzene rings is 1. The van der Waals surface area contributed by atoms with Crippen LogP contribution in [-0.2, 0) is 6.54 Å². The maximum Gasteiger partial charge on any atom is 0.225 e. The summed E-state index contributed by atoms with van der Waals surface area (Å²) in [4.78, 5) is 2.33. The molecule has 0 saturated carbocycles. The van der Waals surface area contributed by atoms with Crippen LogP contribution in [0.5, 0.6) is 0 Å². The summed E-state index contributed by atoms with van der Waals surface area (Å²) >= 11 is 5.25. The molecule has 5 heteroatoms. The third-order valence-corrected chi connectivity index (χ3v) is 4.11. The van der Waals surface area contributed by atoms with E-state index in [1.165, 1.54) is 12.0 Å². The summed E-state index contributed by atoms with van der Waals surface area (Å²) in [5.41, 5.74) is 1.42. The van der Waals surface area contributed by atoms with E-state index in [1.54, 1.807) is 0 Å². The van der Waals surface area contributed by atoms with Crippen LogP contribution in [-0.4, -0.2) is 27.9 Å². The van der Waals surface area contributed by atoms with Gasteiger partial charge in [-0.2, -0.15) is 0 Å². The van der Waals surface area contributed by atoms with Crippen molar-refractivity contribution in [3.8, 4) is 0 Å². The summed E-state index contributed by atoms with van der Waals surface area (Å²) in [6.07, 6.45) is 1.17. The molecule has 1 aliphatic heterocycles. The highest BCUT2D eigenvalue weighted by Gasteiger charge is 2.26. The van der Waals surface area contributed by atoms with Gasteiger partial charge in [0.15, 0.2) is 4.77 Å². The van der Waals surface area contributed by atoms with Gasteiger partial charge in [-0.3, -0.25) is 4.57 Å². The van der Waals surface area contributed by atoms with Crippen molar-refractivity contribution >= 4 is 18.2 Å². The largest absolute Gasteiger partial charge is 0.340 e. The first-order valence-electron chi connectivity index (χ1n) is 6.74. The Labute approximate surface area is 118 Å². The molecule has 1 saturated heterocycles. The zero-order valence-corrected chi connectivity index (χ0v) is 11.9. The molecule has 1 N–H and O–H groups in total. The van der Waals surface area contributed by atoms with Gasteiger partial charge in [-0.25, -0.2) is 5.10 Å². The van der Waals surface area contributed by atoms with Crippen LogP contribution in [0.1, 0.15) is 24.8 Å². The molecule has 1 aromatic carbocycles. The van der Waals surface area contributed by atoms with E-state index >= 15 is 0 Å². The van der Waals surface area contributed by atoms with Crippen molar-refractivity contribution in [2.45, 2.75) is 25.8 Å². The summed E-state index contributed by atoms with van der Waals surface area (Å²) in [6, 6.07) is 10.7. The van der Waals surface area contributed by atoms with Crippen molar-refractivity contribution in [3.63, 3.8) is 0 Å². The van der Waals surface area contributed by atoms with E-state index in [2.05, 4.69) is 56.9 Å². The Morgan fingerprint density at radius 2 is 2.16 bits per heavy atom. The molecule has 0 radical (unpaired) electrons. The molecule has 2 heterocycles. The quantitative estimate of drug-likeness (QED) is 0.874. The Morgan fingerprint density at radius 3 is 2.89 bits per heavy atom. The van der Waals surface area contributed by atoms with Crippen molar-refractivity contribution < 1.29 is 0 Å². The fourth-order valence-corrected chi connectivity index (χ4v) is 3.03. The Hall–Kier alpha value is -1.62. The Bertz CT molecular complexity index is 601. The normalized spacial score (nSPS) is 19.0. The molecule has 1 aromatic heterocycles. The Kier molecular flexibility index (Phi) is 3.38. The smallest absolute Gasteiger partial charge is 0.225 e. The third-order valence-electron chi connectivity index (χ3n) is 3.80. The van der Waals surface area contributed by atoms with Gasteiger partial charge in [-0.05, 0) is 31.1 Å². The fourth-order valence-electron chi connectivity index (χ4n) is 2.78. The minimum atomic E-state index is 0.594. The predicted molar refractivity (Wildman–Crippen MR) is 79.1 cm³/mol. The lowest BCUT2D eigenvalue weighted by Crippen LogP contribution is -2.23. The number of aromatic amines is 1. The van der Waals surface area contributed by atoms with Crippen molar-refractivity contribution in [2.24, 2.45) is 0 Å². The van der Waals surface area contributed by atoms with Crippen LogP contribution in [0, 0.1) is 4.77 Å². The topological polar surface area (TPSA) is 36.9 Å². The van der Waals surface area contributed by atoms with E-state index in [0.29, 0.717) is 10.7 Å². The Balaban J connectivity index is 1.81. The van der Waals surface area contributed by atoms with Gasteiger partial charge in [0.25, 0.3) is 0 Å². The molecule has 0 spiro atoms. The minimum absolute atomic E-state index is 0.594. The highest BCUT2D eigenvalue weighted by molar-refractivity contribution is 7.71. The van der Waals surface area contributed by atoms with E-state index in [4.69, 9.17) is 12.2 Å². The number of hydrogen-bond donors (Lipinski definition) is 1. The van der Waals surface area contributed by atoms with E-state index in [0.717, 1.165) is 25.6 Å². The molecule has 3 rings (SSSR count). The molecule has 1 unspecified atom stereocenters. The van der Waals surface area contributed by atoms with Crippen LogP contribution in [0.15, 0.2) is 30.3 Å². The molecule has 100 valence electrons. The predicted octanol–water partition coefficient (Wildman–Crippen LogP) is 2.95. The number of nitrogens with one attached hydrogen (secondary N) is 1. The molecular weight excluding hydrogens is 256 g/mol. The first-order chi connectivity index (χ1) is 9.29. The average Bonchev–Trinajstić information content (AvgIpc) is 3.06. The summed E-state index contributed by atoms with van der Waals surface area (Å²) in [6.45, 7) is 5.01. The Morgan fingerprint density at radius 1 is 1.37 bits per heavy atom. The van der Waals surface area contributed by atoms with Gasteiger partial charge in [-0.15, -0.1) is 5.10 Å². The molecule has 1 aliphatic rings. The zero-order chi connectivity index (χ0) is 13.2. The highest BCUT2D eigenvalue weighted by atomic mass is 32.1. The lowest BCUT2D eigenvalue weighted by molar-refractivity contribution is 0.717. The lowest BCUT2D eigenvalue weighted by atomic mass is 9.99. The SMILES string of the molecule is CCn1c(N2CCC(c3ccccc3)C2)n[nH]c1=S. The monoisotopic (exact) mass is 274 g/mol. The number of H-pyrrole nitrogens is 1. The molecule has 0 amide bonds. The first kappa shape index (κ1) is 12.4. The number of nitrogens with zero attached hydrogens (tertiary/aromatic N) is 3. The molecule has 2 aromatic rings. The summed E-state index contributed by atoms with van der Waals surface area (Å²) in [5.74, 6) is 1.57. The maximum atomic E-state index is 5.25. The molecule has 4 nitrogen and oxygen atoms in total. The van der Waals surface area contributed by atoms with Crippen LogP contribution < -0.4 is 4.90 Å². The molecule has 0 bridgehead atoms. The van der Waals surface area contributed by atoms with Crippen molar-refractivity contribution in [1.29, 1.82) is 0 Å². The molecular formula is C14H18N4S. The van der Waals surface area contributed by atoms with Crippen LogP contribution in [0.3, 0.4) is 0 Å². The van der Waals surface area contributed by atoms with E-state index in [9.17, 15) is 0 Å². The van der Waals surface area contributed by atoms with Crippen molar-refractivity contribution in [1.82, 2.24) is 14.8 Å². The molecule has 19 heavy (non-hydrogen) atoms. The van der Waals surface area contributed by atoms with E-state index in [1.807, 2.05) is 0 Å². The van der Waals surface area contributed by atoms with Gasteiger partial charge < -0.3 is 4.90 Å². The van der Waals surface area contributed by atoms with Crippen LogP contribution >= 0.6 is 12.2 Å². The van der Waals surface area contributed by atoms with Gasteiger partial charge in [0.05, 0.1) is 0 Å². The minimum Gasteiger partial charge on any atom is -0.340 e. The lowest BCUT2D eigenvalue weighted by Gasteiger charge is -2.17. The zero-order valence-electron chi connectivity index (χ0n) is 11.0. The second-order valence-electron chi connectivity index (χ2n) is 4.92. The second-order valence-corrected chi connectivity index (χ2v) is 5.30. The first-order valence-corrected chi connectivity index (χ1v) is 7.15. The van der Waals surface area contributed by atoms with Crippen molar-refractivity contribution in [2.75, 3.05) is 18.0 Å². The molecule has 1 fully saturated rings. The van der Waals surface area contributed by atoms with Crippen LogP contribution in [0.4, 0.5) is 5.95 Å². The number of rotatable bonds is 3. The summed E-state index contributed by atoms with van der Waals surface area (Å²) in [5, 5.41) is 7.26. The molecule has 0 aliphatic carbocycles. The third kappa shape index (κ3) is 2.30. The maximum absolute atomic E-state index is 5.25. The van der Waals surface area contributed by atoms with E-state index < -0.39 is 0 Å². The average molecular weight is 274 g/mol. The molecule has 1 atom stereocenters. The number of anilines is 1. The fraction of sp³-hybridized carbons (Fsp3) is 0.429. The van der Waals surface area contributed by atoms with Crippen LogP contribution in [0.2, 0.25) is 0 Å². The number of hydrogen-bond acceptors (Lipinski definition) is 3. The standard InChI is InChI=1S/C14H18N4S/c1-2-18-13(15-16-14(18)19)17-9-8-12(10-17)11-6-4-3-5-7-11/h3-7,12H,2,8-10H2,1H3,(H,16,19). The van der Waals surface area contributed by atoms with Gasteiger partial charge in [0.2, 0.25) is 5.95 Å². The summed E-state index contributed by atoms with van der Waals surface area (Å²) in [7, 11) is 0. The second kappa shape index (κ2) is 5.17. The van der Waals surface area contributed by atoms with Crippen LogP contribution in [0.25, 0.3) is 0 Å². The van der Waals surface area contributed by atoms with Gasteiger partial charge in [-0.1, -0.05) is 30.3 Å². The van der Waals surface area contributed by atoms with Gasteiger partial charge in [0, 0.05) is 25.6 Å². The van der Waals surface area contributed by atoms with Gasteiger partial charge in [0.1, 0.15) is 0 Å². The number of aromatic nitrogens is 3. The summed E-state index contributed by atoms with van der Waals surface area (Å²) < 4.78 is 2.77. The van der Waals surface area contributed by atoms with E-state index in [-0.39, 0.29) is 0 Å².